The number of rotatable bonds is 0. The molecular weight excluding hydrogens is 98.1 g/mol. The summed E-state index contributed by atoms with van der Waals surface area (Å²) in [5, 5.41) is 8.46. The zero-order valence-corrected chi connectivity index (χ0v) is 4.80. The van der Waals surface area contributed by atoms with Crippen molar-refractivity contribution >= 4 is 0 Å². The van der Waals surface area contributed by atoms with Gasteiger partial charge < -0.3 is 0 Å². The topological polar surface area (TPSA) is 23.8 Å². The summed E-state index contributed by atoms with van der Waals surface area (Å²) in [6, 6.07) is 2.34. The minimum atomic E-state index is 0.476. The van der Waals surface area contributed by atoms with E-state index in [1.54, 1.807) is 0 Å². The van der Waals surface area contributed by atoms with Gasteiger partial charge in [-0.1, -0.05) is 6.42 Å². The maximum Gasteiger partial charge on any atom is 0.0661 e. The van der Waals surface area contributed by atoms with Crippen LogP contribution in [0.25, 0.3) is 0 Å². The molecule has 2 aliphatic rings. The van der Waals surface area contributed by atoms with E-state index in [9.17, 15) is 0 Å². The molecule has 2 saturated carbocycles. The molecule has 2 rings (SSSR count). The summed E-state index contributed by atoms with van der Waals surface area (Å²) >= 11 is 0. The Hall–Kier alpha value is -0.510. The molecule has 1 heteroatoms. The van der Waals surface area contributed by atoms with Gasteiger partial charge in [-0.2, -0.15) is 5.26 Å². The first-order valence-electron chi connectivity index (χ1n) is 3.33. The number of hydrogen-bond donors (Lipinski definition) is 0. The number of nitriles is 1. The molecule has 0 aliphatic heterocycles. The van der Waals surface area contributed by atoms with Crippen LogP contribution in [0.3, 0.4) is 0 Å². The van der Waals surface area contributed by atoms with Crippen LogP contribution in [0.1, 0.15) is 19.3 Å². The van der Waals surface area contributed by atoms with Crippen LogP contribution in [0.15, 0.2) is 0 Å². The third-order valence-electron chi connectivity index (χ3n) is 2.56. The molecule has 2 fully saturated rings. The molecule has 0 heterocycles. The Kier molecular flexibility index (Phi) is 0.686. The molecule has 0 unspecified atom stereocenters. The molecule has 2 aliphatic carbocycles. The van der Waals surface area contributed by atoms with Crippen molar-refractivity contribution in [1.82, 2.24) is 0 Å². The first-order chi connectivity index (χ1) is 3.93. The zero-order valence-electron chi connectivity index (χ0n) is 4.80. The Morgan fingerprint density at radius 3 is 2.25 bits per heavy atom. The van der Waals surface area contributed by atoms with E-state index >= 15 is 0 Å². The van der Waals surface area contributed by atoms with E-state index < -0.39 is 0 Å². The SMILES string of the molecule is N#C[C@@H]1[C@H]2CCC[C@@H]12. The molecule has 1 nitrogen and oxygen atoms in total. The molecule has 0 aromatic heterocycles. The van der Waals surface area contributed by atoms with Crippen LogP contribution in [0.2, 0.25) is 0 Å². The molecule has 8 heavy (non-hydrogen) atoms. The van der Waals surface area contributed by atoms with Crippen LogP contribution < -0.4 is 0 Å². The van der Waals surface area contributed by atoms with Crippen molar-refractivity contribution in [1.29, 1.82) is 5.26 Å². The van der Waals surface area contributed by atoms with Crippen LogP contribution in [0.4, 0.5) is 0 Å². The first-order valence-corrected chi connectivity index (χ1v) is 3.33. The zero-order chi connectivity index (χ0) is 5.56. The van der Waals surface area contributed by atoms with E-state index in [0.717, 1.165) is 11.8 Å². The second-order valence-corrected chi connectivity index (χ2v) is 2.91. The molecule has 0 N–H and O–H groups in total. The van der Waals surface area contributed by atoms with Gasteiger partial charge in [0.2, 0.25) is 0 Å². The van der Waals surface area contributed by atoms with Crippen LogP contribution in [0, 0.1) is 29.1 Å². The van der Waals surface area contributed by atoms with Crippen LogP contribution in [-0.4, -0.2) is 0 Å². The number of fused-ring (bicyclic) bond motifs is 1. The van der Waals surface area contributed by atoms with Crippen LogP contribution in [-0.2, 0) is 0 Å². The monoisotopic (exact) mass is 107 g/mol. The van der Waals surface area contributed by atoms with Gasteiger partial charge in [0.15, 0.2) is 0 Å². The normalized spacial score (nSPS) is 50.1. The molecule has 42 valence electrons. The molecule has 0 bridgehead atoms. The molecular formula is C7H9N. The fraction of sp³-hybridized carbons (Fsp3) is 0.857. The second-order valence-electron chi connectivity index (χ2n) is 2.91. The van der Waals surface area contributed by atoms with Crippen molar-refractivity contribution in [2.75, 3.05) is 0 Å². The minimum absolute atomic E-state index is 0.476. The second kappa shape index (κ2) is 1.25. The lowest BCUT2D eigenvalue weighted by Crippen LogP contribution is -1.80. The van der Waals surface area contributed by atoms with Crippen molar-refractivity contribution in [2.24, 2.45) is 17.8 Å². The van der Waals surface area contributed by atoms with Crippen molar-refractivity contribution in [3.05, 3.63) is 0 Å². The highest BCUT2D eigenvalue weighted by molar-refractivity contribution is 5.11. The number of nitrogens with zero attached hydrogens (tertiary/aromatic N) is 1. The summed E-state index contributed by atoms with van der Waals surface area (Å²) in [7, 11) is 0. The van der Waals surface area contributed by atoms with E-state index in [1.807, 2.05) is 0 Å². The Morgan fingerprint density at radius 2 is 1.88 bits per heavy atom. The third-order valence-corrected chi connectivity index (χ3v) is 2.56. The molecule has 0 radical (unpaired) electrons. The van der Waals surface area contributed by atoms with E-state index in [1.165, 1.54) is 19.3 Å². The fourth-order valence-electron chi connectivity index (χ4n) is 2.01. The van der Waals surface area contributed by atoms with Gasteiger partial charge in [0.1, 0.15) is 0 Å². The average molecular weight is 107 g/mol. The van der Waals surface area contributed by atoms with Crippen molar-refractivity contribution in [3.63, 3.8) is 0 Å². The van der Waals surface area contributed by atoms with Gasteiger partial charge in [-0.3, -0.25) is 0 Å². The maximum atomic E-state index is 8.46. The number of hydrogen-bond acceptors (Lipinski definition) is 1. The van der Waals surface area contributed by atoms with Crippen molar-refractivity contribution < 1.29 is 0 Å². The Balaban J connectivity index is 2.06. The first kappa shape index (κ1) is 4.38. The van der Waals surface area contributed by atoms with Gasteiger partial charge in [0.25, 0.3) is 0 Å². The highest BCUT2D eigenvalue weighted by Gasteiger charge is 2.52. The molecule has 3 atom stereocenters. The molecule has 0 saturated heterocycles. The van der Waals surface area contributed by atoms with Gasteiger partial charge in [-0.25, -0.2) is 0 Å². The van der Waals surface area contributed by atoms with E-state index in [4.69, 9.17) is 5.26 Å². The Bertz CT molecular complexity index is 135. The highest BCUT2D eigenvalue weighted by Crippen LogP contribution is 2.56. The Morgan fingerprint density at radius 1 is 1.25 bits per heavy atom. The summed E-state index contributed by atoms with van der Waals surface area (Å²) in [4.78, 5) is 0. The van der Waals surface area contributed by atoms with Gasteiger partial charge in [0, 0.05) is 0 Å². The lowest BCUT2D eigenvalue weighted by molar-refractivity contribution is 0.672. The summed E-state index contributed by atoms with van der Waals surface area (Å²) in [6.45, 7) is 0. The lowest BCUT2D eigenvalue weighted by Gasteiger charge is -1.87. The van der Waals surface area contributed by atoms with E-state index in [0.29, 0.717) is 5.92 Å². The predicted molar refractivity (Wildman–Crippen MR) is 29.9 cm³/mol. The van der Waals surface area contributed by atoms with Gasteiger partial charge in [-0.05, 0) is 24.7 Å². The molecule has 0 aromatic carbocycles. The minimum Gasteiger partial charge on any atom is -0.198 e. The van der Waals surface area contributed by atoms with Crippen molar-refractivity contribution in [3.8, 4) is 6.07 Å². The smallest absolute Gasteiger partial charge is 0.0661 e. The summed E-state index contributed by atoms with van der Waals surface area (Å²) < 4.78 is 0. The quantitative estimate of drug-likeness (QED) is 0.460. The highest BCUT2D eigenvalue weighted by atomic mass is 14.6. The van der Waals surface area contributed by atoms with Crippen LogP contribution >= 0.6 is 0 Å². The van der Waals surface area contributed by atoms with Crippen LogP contribution in [0.5, 0.6) is 0 Å². The van der Waals surface area contributed by atoms with Gasteiger partial charge in [0.05, 0.1) is 12.0 Å². The standard InChI is InChI=1S/C7H9N/c8-4-7-5-2-1-3-6(5)7/h5-7H,1-3H2/t5-,6+,7+. The van der Waals surface area contributed by atoms with Gasteiger partial charge in [-0.15, -0.1) is 0 Å². The van der Waals surface area contributed by atoms with Gasteiger partial charge >= 0.3 is 0 Å². The average Bonchev–Trinajstić information content (AvgIpc) is 2.22. The maximum absolute atomic E-state index is 8.46. The molecule has 0 spiro atoms. The predicted octanol–water partition coefficient (Wildman–Crippen LogP) is 1.56. The third kappa shape index (κ3) is 0.362. The lowest BCUT2D eigenvalue weighted by atomic mass is 10.2. The Labute approximate surface area is 49.3 Å². The molecule has 0 aromatic rings. The molecule has 0 amide bonds. The largest absolute Gasteiger partial charge is 0.198 e. The fourth-order valence-corrected chi connectivity index (χ4v) is 2.01. The summed E-state index contributed by atoms with van der Waals surface area (Å²) in [6.07, 6.45) is 4.05. The summed E-state index contributed by atoms with van der Waals surface area (Å²) in [5.41, 5.74) is 0. The van der Waals surface area contributed by atoms with Crippen molar-refractivity contribution in [2.45, 2.75) is 19.3 Å². The van der Waals surface area contributed by atoms with E-state index in [2.05, 4.69) is 6.07 Å². The van der Waals surface area contributed by atoms with E-state index in [-0.39, 0.29) is 0 Å². The summed E-state index contributed by atoms with van der Waals surface area (Å²) in [5.74, 6) is 2.14.